The predicted octanol–water partition coefficient (Wildman–Crippen LogP) is 0.694. The van der Waals surface area contributed by atoms with E-state index in [4.69, 9.17) is 0 Å². The molecule has 0 bridgehead atoms. The fourth-order valence-electron chi connectivity index (χ4n) is 3.08. The summed E-state index contributed by atoms with van der Waals surface area (Å²) in [5.74, 6) is -1.67. The van der Waals surface area contributed by atoms with Gasteiger partial charge in [0.1, 0.15) is 16.4 Å². The molecule has 2 heterocycles. The Hall–Kier alpha value is -2.13. The normalized spacial score (nSPS) is 24.7. The van der Waals surface area contributed by atoms with Crippen LogP contribution in [0.4, 0.5) is 0 Å². The number of β-lactam (4-membered cyclic amide) rings is 1. The minimum Gasteiger partial charge on any atom is -0.477 e. The maximum Gasteiger partial charge on any atom is 0.352 e. The lowest BCUT2D eigenvalue weighted by Gasteiger charge is -2.46. The summed E-state index contributed by atoms with van der Waals surface area (Å²) in [7, 11) is -1.60. The van der Waals surface area contributed by atoms with Crippen LogP contribution in [0.15, 0.2) is 41.6 Å². The number of benzene rings is 1. The predicted molar refractivity (Wildman–Crippen MR) is 98.5 cm³/mol. The number of carboxylic acids is 1. The van der Waals surface area contributed by atoms with Crippen LogP contribution in [0.3, 0.4) is 0 Å². The number of rotatable bonds is 6. The van der Waals surface area contributed by atoms with E-state index in [9.17, 15) is 23.7 Å². The van der Waals surface area contributed by atoms with E-state index in [0.29, 0.717) is 5.57 Å². The van der Waals surface area contributed by atoms with Gasteiger partial charge in [0.05, 0.1) is 23.6 Å². The summed E-state index contributed by atoms with van der Waals surface area (Å²) < 4.78 is 12.8. The molecule has 26 heavy (non-hydrogen) atoms. The van der Waals surface area contributed by atoms with Crippen molar-refractivity contribution in [3.63, 3.8) is 0 Å². The van der Waals surface area contributed by atoms with Crippen molar-refractivity contribution in [2.75, 3.05) is 12.0 Å². The zero-order chi connectivity index (χ0) is 18.8. The number of amides is 2. The number of hydrogen-bond acceptors (Lipinski definition) is 5. The van der Waals surface area contributed by atoms with Crippen molar-refractivity contribution >= 4 is 40.3 Å². The van der Waals surface area contributed by atoms with Crippen LogP contribution in [-0.4, -0.2) is 54.8 Å². The number of aliphatic carboxylic acids is 1. The van der Waals surface area contributed by atoms with Gasteiger partial charge in [-0.15, -0.1) is 0 Å². The smallest absolute Gasteiger partial charge is 0.352 e. The Morgan fingerprint density at radius 1 is 1.35 bits per heavy atom. The molecule has 9 heteroatoms. The Bertz CT molecular complexity index is 809. The van der Waals surface area contributed by atoms with Crippen molar-refractivity contribution in [2.45, 2.75) is 23.6 Å². The van der Waals surface area contributed by atoms with E-state index < -0.39 is 27.5 Å². The Labute approximate surface area is 157 Å². The van der Waals surface area contributed by atoms with Crippen LogP contribution in [0.5, 0.6) is 0 Å². The third kappa shape index (κ3) is 3.41. The van der Waals surface area contributed by atoms with Crippen molar-refractivity contribution in [2.24, 2.45) is 0 Å². The summed E-state index contributed by atoms with van der Waals surface area (Å²) in [6.45, 7) is 0. The zero-order valence-electron chi connectivity index (χ0n) is 14.0. The lowest BCUT2D eigenvalue weighted by Crippen LogP contribution is -2.63. The second-order valence-electron chi connectivity index (χ2n) is 5.97. The first-order valence-corrected chi connectivity index (χ1v) is 10.6. The van der Waals surface area contributed by atoms with Crippen molar-refractivity contribution in [3.05, 3.63) is 47.2 Å². The molecule has 0 aromatic heterocycles. The van der Waals surface area contributed by atoms with Gasteiger partial charge in [0.25, 0.3) is 0 Å². The fraction of sp³-hybridized carbons (Fsp3) is 0.353. The van der Waals surface area contributed by atoms with E-state index in [1.54, 1.807) is 6.26 Å². The molecule has 2 unspecified atom stereocenters. The Morgan fingerprint density at radius 2 is 2.04 bits per heavy atom. The highest BCUT2D eigenvalue weighted by Gasteiger charge is 2.52. The molecule has 0 aliphatic carbocycles. The van der Waals surface area contributed by atoms with Gasteiger partial charge < -0.3 is 10.4 Å². The van der Waals surface area contributed by atoms with Gasteiger partial charge in [0.15, 0.2) is 0 Å². The molecular weight excluding hydrogens is 376 g/mol. The van der Waals surface area contributed by atoms with Crippen molar-refractivity contribution in [1.29, 1.82) is 0 Å². The van der Waals surface area contributed by atoms with Crippen LogP contribution in [0.2, 0.25) is 0 Å². The number of nitrogens with one attached hydrogen (secondary N) is 1. The van der Waals surface area contributed by atoms with Crippen molar-refractivity contribution in [3.8, 4) is 0 Å². The number of fused-ring (bicyclic) bond motifs is 1. The molecule has 1 fully saturated rings. The van der Waals surface area contributed by atoms with E-state index in [1.165, 1.54) is 11.8 Å². The highest BCUT2D eigenvalue weighted by Crippen LogP contribution is 2.37. The molecule has 1 aromatic rings. The summed E-state index contributed by atoms with van der Waals surface area (Å²) in [5.41, 5.74) is 0.972. The highest BCUT2D eigenvalue weighted by atomic mass is 32.2. The topological polar surface area (TPSA) is 104 Å². The molecule has 2 aliphatic heterocycles. The van der Waals surface area contributed by atoms with Gasteiger partial charge in [-0.25, -0.2) is 4.79 Å². The van der Waals surface area contributed by atoms with E-state index in [2.05, 4.69) is 5.32 Å². The van der Waals surface area contributed by atoms with Crippen LogP contribution in [-0.2, 0) is 31.6 Å². The quantitative estimate of drug-likeness (QED) is 0.688. The maximum absolute atomic E-state index is 12.8. The molecule has 1 saturated heterocycles. The van der Waals surface area contributed by atoms with Gasteiger partial charge in [-0.05, 0) is 11.8 Å². The largest absolute Gasteiger partial charge is 0.477 e. The minimum absolute atomic E-state index is 0.0288. The average Bonchev–Trinajstić information content (AvgIpc) is 2.60. The first-order valence-electron chi connectivity index (χ1n) is 7.94. The second kappa shape index (κ2) is 7.63. The summed E-state index contributed by atoms with van der Waals surface area (Å²) in [4.78, 5) is 37.1. The van der Waals surface area contributed by atoms with E-state index in [0.717, 1.165) is 10.5 Å². The SMILES string of the molecule is CSCC1=C(C(=O)O)N2C(=O)C[C@H]2S(=O)C1NC(=O)Cc1ccccc1. The van der Waals surface area contributed by atoms with Gasteiger partial charge in [-0.2, -0.15) is 11.8 Å². The van der Waals surface area contributed by atoms with Gasteiger partial charge in [-0.3, -0.25) is 18.7 Å². The Balaban J connectivity index is 1.89. The van der Waals surface area contributed by atoms with Crippen LogP contribution in [0.25, 0.3) is 0 Å². The van der Waals surface area contributed by atoms with Gasteiger partial charge in [0.2, 0.25) is 11.8 Å². The first kappa shape index (κ1) is 18.7. The lowest BCUT2D eigenvalue weighted by molar-refractivity contribution is -0.146. The molecule has 138 valence electrons. The summed E-state index contributed by atoms with van der Waals surface area (Å²) in [5, 5.41) is 10.7. The molecule has 2 N–H and O–H groups in total. The van der Waals surface area contributed by atoms with E-state index in [-0.39, 0.29) is 36.1 Å². The van der Waals surface area contributed by atoms with Crippen molar-refractivity contribution < 1.29 is 23.7 Å². The average molecular weight is 394 g/mol. The Morgan fingerprint density at radius 3 is 2.62 bits per heavy atom. The summed E-state index contributed by atoms with van der Waals surface area (Å²) >= 11 is 1.35. The number of nitrogens with zero attached hydrogens (tertiary/aromatic N) is 1. The zero-order valence-corrected chi connectivity index (χ0v) is 15.6. The maximum atomic E-state index is 12.8. The van der Waals surface area contributed by atoms with Crippen LogP contribution < -0.4 is 5.32 Å². The molecule has 7 nitrogen and oxygen atoms in total. The monoisotopic (exact) mass is 394 g/mol. The molecular formula is C17H18N2O5S2. The van der Waals surface area contributed by atoms with E-state index in [1.807, 2.05) is 30.3 Å². The molecule has 0 spiro atoms. The lowest BCUT2D eigenvalue weighted by atomic mass is 10.1. The number of carbonyl (C=O) groups is 3. The van der Waals surface area contributed by atoms with Crippen LogP contribution in [0, 0.1) is 0 Å². The minimum atomic E-state index is -1.60. The molecule has 3 atom stereocenters. The standard InChI is InChI=1S/C17H18N2O5S2/c1-25-9-11-15(17(22)23)19-13(21)8-14(19)26(24)16(11)18-12(20)7-10-5-3-2-4-6-10/h2-6,14,16H,7-9H2,1H3,(H,18,20)(H,22,23)/t14-,16?,26?/m1/s1. The number of carboxylic acid groups (broad SMARTS) is 1. The number of thioether (sulfide) groups is 1. The summed E-state index contributed by atoms with van der Waals surface area (Å²) in [6.07, 6.45) is 1.92. The number of carbonyl (C=O) groups excluding carboxylic acids is 2. The van der Waals surface area contributed by atoms with Gasteiger partial charge in [-0.1, -0.05) is 30.3 Å². The fourth-order valence-corrected chi connectivity index (χ4v) is 5.58. The van der Waals surface area contributed by atoms with Gasteiger partial charge >= 0.3 is 5.97 Å². The Kier molecular flexibility index (Phi) is 5.47. The molecule has 0 radical (unpaired) electrons. The molecule has 1 aromatic carbocycles. The second-order valence-corrected chi connectivity index (χ2v) is 8.51. The third-order valence-electron chi connectivity index (χ3n) is 4.27. The molecule has 3 rings (SSSR count). The number of hydrogen-bond donors (Lipinski definition) is 2. The molecule has 2 aliphatic rings. The molecule has 0 saturated carbocycles. The van der Waals surface area contributed by atoms with Crippen molar-refractivity contribution in [1.82, 2.24) is 10.2 Å². The summed E-state index contributed by atoms with van der Waals surface area (Å²) in [6, 6.07) is 9.11. The third-order valence-corrected chi connectivity index (χ3v) is 6.65. The highest BCUT2D eigenvalue weighted by molar-refractivity contribution is 7.98. The van der Waals surface area contributed by atoms with Gasteiger partial charge in [0, 0.05) is 11.3 Å². The van der Waals surface area contributed by atoms with Crippen LogP contribution >= 0.6 is 11.8 Å². The first-order chi connectivity index (χ1) is 12.4. The van der Waals surface area contributed by atoms with Crippen LogP contribution in [0.1, 0.15) is 12.0 Å². The van der Waals surface area contributed by atoms with E-state index >= 15 is 0 Å². The molecule has 2 amide bonds.